The summed E-state index contributed by atoms with van der Waals surface area (Å²) in [5.74, 6) is -0.792. The maximum Gasteiger partial charge on any atom is 0.308 e. The first kappa shape index (κ1) is 30.9. The van der Waals surface area contributed by atoms with Crippen LogP contribution in [0, 0.1) is 5.82 Å². The van der Waals surface area contributed by atoms with Gasteiger partial charge in [-0.05, 0) is 54.4 Å². The molecule has 0 saturated carbocycles. The van der Waals surface area contributed by atoms with E-state index in [2.05, 4.69) is 43.8 Å². The number of sulfonamides is 1. The maximum atomic E-state index is 13.7. The Morgan fingerprint density at radius 3 is 2.33 bits per heavy atom. The molecule has 3 rings (SSSR count). The van der Waals surface area contributed by atoms with E-state index in [9.17, 15) is 17.6 Å². The van der Waals surface area contributed by atoms with Crippen molar-refractivity contribution in [1.82, 2.24) is 9.97 Å². The molecule has 1 saturated heterocycles. The second kappa shape index (κ2) is 11.5. The minimum Gasteiger partial charge on any atom is -0.458 e. The van der Waals surface area contributed by atoms with Crippen molar-refractivity contribution >= 4 is 36.3 Å². The molecule has 2 heterocycles. The van der Waals surface area contributed by atoms with Gasteiger partial charge in [0.15, 0.2) is 8.32 Å². The van der Waals surface area contributed by atoms with Crippen molar-refractivity contribution in [3.8, 4) is 11.3 Å². The third-order valence-corrected chi connectivity index (χ3v) is 13.0. The van der Waals surface area contributed by atoms with Crippen molar-refractivity contribution in [2.24, 2.45) is 0 Å². The smallest absolute Gasteiger partial charge is 0.308 e. The molecule has 8 nitrogen and oxygen atoms in total. The van der Waals surface area contributed by atoms with Gasteiger partial charge in [0.05, 0.1) is 30.2 Å². The molecule has 1 fully saturated rings. The minimum absolute atomic E-state index is 0.00806. The topological polar surface area (TPSA) is 98.7 Å². The highest BCUT2D eigenvalue weighted by Gasteiger charge is 2.41. The predicted octanol–water partition coefficient (Wildman–Crippen LogP) is 5.91. The zero-order chi connectivity index (χ0) is 29.3. The lowest BCUT2D eigenvalue weighted by molar-refractivity contribution is -0.155. The highest BCUT2D eigenvalue weighted by Crippen LogP contribution is 2.39. The highest BCUT2D eigenvalue weighted by atomic mass is 32.2. The zero-order valence-corrected chi connectivity index (χ0v) is 26.1. The van der Waals surface area contributed by atoms with Crippen LogP contribution in [0.15, 0.2) is 30.3 Å². The van der Waals surface area contributed by atoms with E-state index >= 15 is 0 Å². The number of ether oxygens (including phenoxy) is 1. The number of carbonyl (C=O) groups excluding carboxylic acids is 1. The molecule has 1 aliphatic rings. The average Bonchev–Trinajstić information content (AvgIpc) is 2.80. The molecule has 1 aromatic carbocycles. The van der Waals surface area contributed by atoms with E-state index in [1.807, 2.05) is 19.9 Å². The summed E-state index contributed by atoms with van der Waals surface area (Å²) >= 11 is 0. The van der Waals surface area contributed by atoms with Crippen LogP contribution in [0.1, 0.15) is 64.6 Å². The van der Waals surface area contributed by atoms with Gasteiger partial charge in [-0.15, -0.1) is 0 Å². The van der Waals surface area contributed by atoms with Crippen molar-refractivity contribution in [1.29, 1.82) is 0 Å². The van der Waals surface area contributed by atoms with Crippen LogP contribution in [-0.2, 0) is 24.0 Å². The molecule has 11 heteroatoms. The largest absolute Gasteiger partial charge is 0.458 e. The monoisotopic (exact) mass is 577 g/mol. The first-order valence-corrected chi connectivity index (χ1v) is 17.8. The lowest BCUT2D eigenvalue weighted by Crippen LogP contribution is -2.46. The van der Waals surface area contributed by atoms with E-state index in [1.165, 1.54) is 19.2 Å². The molecule has 2 atom stereocenters. The summed E-state index contributed by atoms with van der Waals surface area (Å²) in [5, 5.41) is 0.00806. The maximum absolute atomic E-state index is 13.7. The summed E-state index contributed by atoms with van der Waals surface area (Å²) in [6, 6.07) is 5.83. The number of anilines is 1. The van der Waals surface area contributed by atoms with Crippen LogP contribution >= 0.6 is 0 Å². The van der Waals surface area contributed by atoms with Crippen molar-refractivity contribution in [2.75, 3.05) is 17.6 Å². The Balaban J connectivity index is 2.06. The lowest BCUT2D eigenvalue weighted by atomic mass is 9.97. The molecular weight excluding hydrogens is 537 g/mol. The Kier molecular flexibility index (Phi) is 9.08. The summed E-state index contributed by atoms with van der Waals surface area (Å²) in [5.41, 5.74) is 2.31. The molecule has 0 bridgehead atoms. The van der Waals surface area contributed by atoms with Gasteiger partial charge >= 0.3 is 5.97 Å². The highest BCUT2D eigenvalue weighted by molar-refractivity contribution is 7.92. The molecule has 39 heavy (non-hydrogen) atoms. The minimum atomic E-state index is -3.62. The number of halogens is 1. The van der Waals surface area contributed by atoms with Gasteiger partial charge in [-0.1, -0.05) is 40.7 Å². The van der Waals surface area contributed by atoms with E-state index in [0.717, 1.165) is 10.6 Å². The van der Waals surface area contributed by atoms with Crippen LogP contribution in [0.4, 0.5) is 10.3 Å². The van der Waals surface area contributed by atoms with E-state index in [4.69, 9.17) is 9.16 Å². The number of hydrogen-bond acceptors (Lipinski definition) is 7. The summed E-state index contributed by atoms with van der Waals surface area (Å²) in [4.78, 5) is 21.7. The molecular formula is C28H40FN3O5SSi. The van der Waals surface area contributed by atoms with Crippen molar-refractivity contribution in [3.05, 3.63) is 47.4 Å². The van der Waals surface area contributed by atoms with Crippen LogP contribution < -0.4 is 4.31 Å². The number of aromatic nitrogens is 2. The number of benzene rings is 1. The number of nitrogens with zero attached hydrogens (tertiary/aromatic N) is 3. The second-order valence-corrected chi connectivity index (χ2v) is 18.7. The van der Waals surface area contributed by atoms with Gasteiger partial charge in [-0.3, -0.25) is 4.79 Å². The average molecular weight is 578 g/mol. The fourth-order valence-corrected chi connectivity index (χ4v) is 5.74. The Bertz CT molecular complexity index is 1340. The quantitative estimate of drug-likeness (QED) is 0.284. The number of rotatable bonds is 8. The molecule has 0 aliphatic carbocycles. The Hall–Kier alpha value is -2.63. The Labute approximate surface area is 232 Å². The fourth-order valence-electron chi connectivity index (χ4n) is 3.99. The van der Waals surface area contributed by atoms with Crippen LogP contribution in [0.3, 0.4) is 0 Å². The first-order valence-electron chi connectivity index (χ1n) is 13.1. The van der Waals surface area contributed by atoms with Crippen molar-refractivity contribution in [3.63, 3.8) is 0 Å². The fraction of sp³-hybridized carbons (Fsp3) is 0.536. The summed E-state index contributed by atoms with van der Waals surface area (Å²) < 4.78 is 51.5. The third kappa shape index (κ3) is 7.52. The van der Waals surface area contributed by atoms with E-state index in [-0.39, 0.29) is 35.4 Å². The normalized spacial score (nSPS) is 19.0. The standard InChI is InChI=1S/C28H40FN3O5SSi/c1-18(2)25-23(15-14-21-16-22(17-24(33)36-21)37-39(8,9)28(3,4)5)26(19-10-12-20(29)13-11-19)31-27(30-25)32(6)38(7,34)35/h10-15,18,21-22H,16-17H2,1-9H3/b15-14+. The summed E-state index contributed by atoms with van der Waals surface area (Å²) in [6.45, 7) is 14.7. The molecule has 0 radical (unpaired) electrons. The number of esters is 1. The van der Waals surface area contributed by atoms with Gasteiger partial charge < -0.3 is 9.16 Å². The van der Waals surface area contributed by atoms with E-state index in [0.29, 0.717) is 28.9 Å². The SMILES string of the molecule is CC(C)c1nc(N(C)S(C)(=O)=O)nc(-c2ccc(F)cc2)c1/C=C/C1CC(O[Si](C)(C)C(C)(C)C)CC(=O)O1. The Morgan fingerprint density at radius 1 is 1.18 bits per heavy atom. The van der Waals surface area contributed by atoms with Gasteiger partial charge in [0, 0.05) is 24.6 Å². The van der Waals surface area contributed by atoms with Crippen LogP contribution in [0.5, 0.6) is 0 Å². The van der Waals surface area contributed by atoms with Gasteiger partial charge in [-0.2, -0.15) is 0 Å². The Morgan fingerprint density at radius 2 is 1.79 bits per heavy atom. The predicted molar refractivity (Wildman–Crippen MR) is 155 cm³/mol. The molecule has 214 valence electrons. The van der Waals surface area contributed by atoms with Gasteiger partial charge in [-0.25, -0.2) is 27.1 Å². The zero-order valence-electron chi connectivity index (χ0n) is 24.3. The molecule has 1 aliphatic heterocycles. The van der Waals surface area contributed by atoms with Crippen molar-refractivity contribution in [2.45, 2.75) is 83.7 Å². The number of cyclic esters (lactones) is 1. The molecule has 2 aromatic rings. The second-order valence-electron chi connectivity index (χ2n) is 11.9. The van der Waals surface area contributed by atoms with Crippen LogP contribution in [0.2, 0.25) is 18.1 Å². The molecule has 0 spiro atoms. The van der Waals surface area contributed by atoms with Gasteiger partial charge in [0.25, 0.3) is 0 Å². The number of carbonyl (C=O) groups is 1. The van der Waals surface area contributed by atoms with Gasteiger partial charge in [0.2, 0.25) is 16.0 Å². The third-order valence-electron chi connectivity index (χ3n) is 7.32. The van der Waals surface area contributed by atoms with E-state index in [1.54, 1.807) is 18.2 Å². The van der Waals surface area contributed by atoms with Gasteiger partial charge in [0.1, 0.15) is 11.9 Å². The molecule has 1 aromatic heterocycles. The molecule has 0 N–H and O–H groups in total. The lowest BCUT2D eigenvalue weighted by Gasteiger charge is -2.40. The number of hydrogen-bond donors (Lipinski definition) is 0. The van der Waals surface area contributed by atoms with E-state index < -0.39 is 30.3 Å². The summed E-state index contributed by atoms with van der Waals surface area (Å²) in [7, 11) is -4.32. The van der Waals surface area contributed by atoms with Crippen LogP contribution in [0.25, 0.3) is 17.3 Å². The first-order chi connectivity index (χ1) is 17.9. The van der Waals surface area contributed by atoms with Crippen LogP contribution in [-0.4, -0.2) is 58.2 Å². The molecule has 2 unspecified atom stereocenters. The summed E-state index contributed by atoms with van der Waals surface area (Å²) in [6.07, 6.45) is 4.67. The van der Waals surface area contributed by atoms with Crippen molar-refractivity contribution < 1.29 is 26.8 Å². The molecule has 0 amide bonds.